The number of aromatic nitrogens is 3. The van der Waals surface area contributed by atoms with Crippen LogP contribution in [0.5, 0.6) is 11.8 Å². The minimum Gasteiger partial charge on any atom is -0.481 e. The van der Waals surface area contributed by atoms with E-state index in [9.17, 15) is 9.00 Å². The topological polar surface area (TPSA) is 143 Å². The summed E-state index contributed by atoms with van der Waals surface area (Å²) in [5, 5.41) is 13.2. The standard InChI is InChI=1S/C24H36N6O5S/c1-13(2)18-9-20(34-6)27-21(14(3)4)22(18)28-24(31)29-36(25,32)19-10-26-30-11-16(12-35-23(19)30)15-7-17(8-15)33-5/h9-10,13-17H,7-8,11-12H2,1-6H3,(H3,25,28,29,31,32)/t15?,16-,17?,36?/m0/s1. The van der Waals surface area contributed by atoms with Crippen LogP contribution in [0.4, 0.5) is 10.5 Å². The Labute approximate surface area is 212 Å². The Morgan fingerprint density at radius 2 is 1.97 bits per heavy atom. The first kappa shape index (κ1) is 26.4. The van der Waals surface area contributed by atoms with Gasteiger partial charge < -0.3 is 19.5 Å². The highest BCUT2D eigenvalue weighted by atomic mass is 32.2. The summed E-state index contributed by atoms with van der Waals surface area (Å²) >= 11 is 0. The fraction of sp³-hybridized carbons (Fsp3) is 0.625. The molecule has 1 fully saturated rings. The molecule has 0 bridgehead atoms. The highest BCUT2D eigenvalue weighted by Gasteiger charge is 2.39. The van der Waals surface area contributed by atoms with Crippen LogP contribution in [0.2, 0.25) is 0 Å². The molecule has 2 aliphatic rings. The fourth-order valence-electron chi connectivity index (χ4n) is 4.74. The molecule has 36 heavy (non-hydrogen) atoms. The van der Waals surface area contributed by atoms with E-state index in [0.717, 1.165) is 18.4 Å². The van der Waals surface area contributed by atoms with Crippen LogP contribution in [0.25, 0.3) is 0 Å². The maximum Gasteiger partial charge on any atom is 0.354 e. The lowest BCUT2D eigenvalue weighted by atomic mass is 9.73. The van der Waals surface area contributed by atoms with Crippen molar-refractivity contribution in [2.24, 2.45) is 21.3 Å². The Hall–Kier alpha value is -2.70. The predicted octanol–water partition coefficient (Wildman–Crippen LogP) is 3.90. The van der Waals surface area contributed by atoms with Gasteiger partial charge in [0, 0.05) is 19.1 Å². The summed E-state index contributed by atoms with van der Waals surface area (Å²) in [7, 11) is -0.332. The van der Waals surface area contributed by atoms with Crippen molar-refractivity contribution in [1.82, 2.24) is 14.8 Å². The van der Waals surface area contributed by atoms with Crippen molar-refractivity contribution in [3.8, 4) is 11.8 Å². The predicted molar refractivity (Wildman–Crippen MR) is 136 cm³/mol. The number of fused-ring (bicyclic) bond motifs is 1. The van der Waals surface area contributed by atoms with Gasteiger partial charge in [-0.05, 0) is 36.2 Å². The molecule has 1 saturated carbocycles. The van der Waals surface area contributed by atoms with Crippen molar-refractivity contribution in [1.29, 1.82) is 0 Å². The fourth-order valence-corrected chi connectivity index (χ4v) is 5.74. The molecule has 2 aromatic rings. The van der Waals surface area contributed by atoms with Crippen LogP contribution in [0.15, 0.2) is 21.5 Å². The van der Waals surface area contributed by atoms with E-state index in [1.165, 1.54) is 6.20 Å². The van der Waals surface area contributed by atoms with E-state index in [1.807, 2.05) is 27.7 Å². The molecule has 2 atom stereocenters. The number of nitrogens with two attached hydrogens (primary N) is 1. The molecule has 0 aromatic carbocycles. The molecule has 1 aliphatic carbocycles. The number of urea groups is 1. The molecule has 3 heterocycles. The summed E-state index contributed by atoms with van der Waals surface area (Å²) in [4.78, 5) is 17.6. The molecule has 2 amide bonds. The number of carbonyl (C=O) groups excluding carboxylic acids is 1. The minimum atomic E-state index is -3.61. The maximum absolute atomic E-state index is 13.4. The third-order valence-corrected chi connectivity index (χ3v) is 8.28. The van der Waals surface area contributed by atoms with Crippen LogP contribution in [0, 0.1) is 11.8 Å². The highest BCUT2D eigenvalue weighted by Crippen LogP contribution is 2.40. The number of rotatable bonds is 7. The maximum atomic E-state index is 13.4. The molecule has 0 saturated heterocycles. The Morgan fingerprint density at radius 1 is 1.25 bits per heavy atom. The first-order valence-corrected chi connectivity index (χ1v) is 13.8. The summed E-state index contributed by atoms with van der Waals surface area (Å²) < 4.78 is 35.5. The van der Waals surface area contributed by atoms with E-state index in [-0.39, 0.29) is 22.6 Å². The molecular weight excluding hydrogens is 484 g/mol. The molecule has 3 N–H and O–H groups in total. The first-order chi connectivity index (χ1) is 17.0. The molecule has 1 aliphatic heterocycles. The van der Waals surface area contributed by atoms with Crippen molar-refractivity contribution in [2.45, 2.75) is 69.9 Å². The van der Waals surface area contributed by atoms with Gasteiger partial charge in [0.25, 0.3) is 0 Å². The number of nitrogens with zero attached hydrogens (tertiary/aromatic N) is 4. The van der Waals surface area contributed by atoms with Crippen LogP contribution in [0.1, 0.15) is 63.6 Å². The molecule has 2 aromatic heterocycles. The van der Waals surface area contributed by atoms with Crippen molar-refractivity contribution in [2.75, 3.05) is 26.1 Å². The molecule has 4 rings (SSSR count). The normalized spacial score (nSPS) is 22.9. The number of hydrogen-bond donors (Lipinski definition) is 2. The quantitative estimate of drug-likeness (QED) is 0.563. The molecule has 12 heteroatoms. The lowest BCUT2D eigenvalue weighted by Gasteiger charge is -2.40. The lowest BCUT2D eigenvalue weighted by Crippen LogP contribution is -2.41. The molecular formula is C24H36N6O5S. The number of anilines is 1. The molecule has 198 valence electrons. The summed E-state index contributed by atoms with van der Waals surface area (Å²) in [6.45, 7) is 9.03. The van der Waals surface area contributed by atoms with E-state index >= 15 is 0 Å². The second-order valence-corrected chi connectivity index (χ2v) is 11.8. The monoisotopic (exact) mass is 520 g/mol. The van der Waals surface area contributed by atoms with Gasteiger partial charge >= 0.3 is 6.03 Å². The van der Waals surface area contributed by atoms with Crippen LogP contribution in [-0.2, 0) is 21.2 Å². The third-order valence-electron chi connectivity index (χ3n) is 6.93. The zero-order valence-corrected chi connectivity index (χ0v) is 22.5. The molecule has 11 nitrogen and oxygen atoms in total. The zero-order valence-electron chi connectivity index (χ0n) is 21.7. The smallest absolute Gasteiger partial charge is 0.354 e. The van der Waals surface area contributed by atoms with Crippen molar-refractivity contribution < 1.29 is 23.2 Å². The first-order valence-electron chi connectivity index (χ1n) is 12.2. The van der Waals surface area contributed by atoms with Crippen LogP contribution in [-0.4, -0.2) is 51.9 Å². The number of amides is 2. The van der Waals surface area contributed by atoms with Gasteiger partial charge in [-0.15, -0.1) is 4.36 Å². The van der Waals surface area contributed by atoms with Crippen LogP contribution < -0.4 is 19.9 Å². The Bertz CT molecular complexity index is 1210. The molecule has 0 spiro atoms. The Morgan fingerprint density at radius 3 is 2.58 bits per heavy atom. The Kier molecular flexibility index (Phi) is 7.58. The van der Waals surface area contributed by atoms with E-state index < -0.39 is 15.9 Å². The summed E-state index contributed by atoms with van der Waals surface area (Å²) in [5.74, 6) is 1.61. The number of nitrogens with one attached hydrogen (secondary N) is 1. The van der Waals surface area contributed by atoms with Crippen LogP contribution >= 0.6 is 0 Å². The van der Waals surface area contributed by atoms with E-state index in [0.29, 0.717) is 48.3 Å². The highest BCUT2D eigenvalue weighted by molar-refractivity contribution is 7.91. The number of ether oxygens (including phenoxy) is 3. The van der Waals surface area contributed by atoms with Crippen LogP contribution in [0.3, 0.4) is 0 Å². The number of pyridine rings is 1. The summed E-state index contributed by atoms with van der Waals surface area (Å²) in [5.41, 5.74) is 2.01. The zero-order chi connectivity index (χ0) is 26.2. The largest absolute Gasteiger partial charge is 0.481 e. The Balaban J connectivity index is 1.57. The van der Waals surface area contributed by atoms with Gasteiger partial charge in [0.1, 0.15) is 4.90 Å². The van der Waals surface area contributed by atoms with Gasteiger partial charge in [-0.1, -0.05) is 27.7 Å². The third kappa shape index (κ3) is 5.21. The van der Waals surface area contributed by atoms with Gasteiger partial charge in [0.05, 0.1) is 43.9 Å². The molecule has 0 radical (unpaired) electrons. The van der Waals surface area contributed by atoms with Gasteiger partial charge in [0.2, 0.25) is 11.8 Å². The van der Waals surface area contributed by atoms with Crippen molar-refractivity contribution >= 4 is 21.6 Å². The van der Waals surface area contributed by atoms with Gasteiger partial charge in [0.15, 0.2) is 9.92 Å². The number of hydrogen-bond acceptors (Lipinski definition) is 7. The van der Waals surface area contributed by atoms with Gasteiger partial charge in [-0.2, -0.15) is 5.10 Å². The van der Waals surface area contributed by atoms with Gasteiger partial charge in [-0.25, -0.2) is 23.8 Å². The summed E-state index contributed by atoms with van der Waals surface area (Å²) in [6.07, 6.45) is 3.67. The average Bonchev–Trinajstić information content (AvgIpc) is 3.22. The minimum absolute atomic E-state index is 0.00555. The average molecular weight is 521 g/mol. The number of methoxy groups -OCH3 is 2. The van der Waals surface area contributed by atoms with E-state index in [1.54, 1.807) is 25.0 Å². The molecule has 1 unspecified atom stereocenters. The summed E-state index contributed by atoms with van der Waals surface area (Å²) in [6, 6.07) is 0.952. The number of carbonyl (C=O) groups is 1. The lowest BCUT2D eigenvalue weighted by molar-refractivity contribution is -0.0392. The van der Waals surface area contributed by atoms with Crippen molar-refractivity contribution in [3.05, 3.63) is 23.5 Å². The van der Waals surface area contributed by atoms with Gasteiger partial charge in [-0.3, -0.25) is 0 Å². The van der Waals surface area contributed by atoms with Crippen molar-refractivity contribution in [3.63, 3.8) is 0 Å². The van der Waals surface area contributed by atoms with E-state index in [2.05, 4.69) is 19.8 Å². The SMILES string of the molecule is COc1cc(C(C)C)c(NC(=O)N=S(N)(=O)c2cnn3c2OC[C@@H](C2CC(OC)C2)C3)c(C(C)C)n1. The van der Waals surface area contributed by atoms with E-state index in [4.69, 9.17) is 19.3 Å². The second kappa shape index (κ2) is 10.3. The second-order valence-electron chi connectivity index (χ2n) is 10.1.